The van der Waals surface area contributed by atoms with Gasteiger partial charge in [-0.2, -0.15) is 5.26 Å². The Kier molecular flexibility index (Phi) is 6.35. The van der Waals surface area contributed by atoms with Gasteiger partial charge in [-0.1, -0.05) is 38.1 Å². The lowest BCUT2D eigenvalue weighted by Crippen LogP contribution is -2.24. The number of nitriles is 1. The van der Waals surface area contributed by atoms with Gasteiger partial charge in [0.25, 0.3) is 0 Å². The highest BCUT2D eigenvalue weighted by Crippen LogP contribution is 2.09. The lowest BCUT2D eigenvalue weighted by atomic mass is 10.1. The lowest BCUT2D eigenvalue weighted by molar-refractivity contribution is 0.266. The Labute approximate surface area is 105 Å². The minimum atomic E-state index is 0.509. The summed E-state index contributed by atoms with van der Waals surface area (Å²) in [5.74, 6) is 0. The van der Waals surface area contributed by atoms with Crippen molar-refractivity contribution in [3.63, 3.8) is 0 Å². The molecule has 17 heavy (non-hydrogen) atoms. The van der Waals surface area contributed by atoms with Crippen LogP contribution in [0.5, 0.6) is 0 Å². The molecule has 0 aliphatic heterocycles. The van der Waals surface area contributed by atoms with Crippen molar-refractivity contribution in [2.75, 3.05) is 13.1 Å². The van der Waals surface area contributed by atoms with Crippen LogP contribution in [-0.4, -0.2) is 18.0 Å². The third kappa shape index (κ3) is 5.01. The maximum Gasteiger partial charge on any atom is 0.0669 e. The molecule has 0 aliphatic carbocycles. The summed E-state index contributed by atoms with van der Waals surface area (Å²) in [6, 6.07) is 10.6. The van der Waals surface area contributed by atoms with Crippen LogP contribution in [0.2, 0.25) is 0 Å². The van der Waals surface area contributed by atoms with Gasteiger partial charge in [0.05, 0.1) is 12.5 Å². The van der Waals surface area contributed by atoms with Gasteiger partial charge in [0.1, 0.15) is 0 Å². The van der Waals surface area contributed by atoms with E-state index in [1.54, 1.807) is 0 Å². The Morgan fingerprint density at radius 2 is 1.76 bits per heavy atom. The summed E-state index contributed by atoms with van der Waals surface area (Å²) in [6.45, 7) is 7.73. The molecule has 0 saturated heterocycles. The molecule has 0 fully saturated rings. The zero-order valence-electron chi connectivity index (χ0n) is 10.9. The Hall–Kier alpha value is -1.33. The van der Waals surface area contributed by atoms with Crippen LogP contribution >= 0.6 is 0 Å². The van der Waals surface area contributed by atoms with Gasteiger partial charge in [0, 0.05) is 6.54 Å². The van der Waals surface area contributed by atoms with E-state index >= 15 is 0 Å². The Bertz CT molecular complexity index is 359. The van der Waals surface area contributed by atoms with Gasteiger partial charge in [-0.15, -0.1) is 0 Å². The van der Waals surface area contributed by atoms with E-state index in [1.165, 1.54) is 18.4 Å². The average Bonchev–Trinajstić information content (AvgIpc) is 2.30. The number of benzene rings is 1. The van der Waals surface area contributed by atoms with Crippen LogP contribution in [0.4, 0.5) is 0 Å². The molecule has 0 atom stereocenters. The molecule has 0 amide bonds. The van der Waals surface area contributed by atoms with Crippen molar-refractivity contribution in [2.24, 2.45) is 0 Å². The molecule has 0 aromatic heterocycles. The lowest BCUT2D eigenvalue weighted by Gasteiger charge is -2.21. The van der Waals surface area contributed by atoms with Gasteiger partial charge in [-0.25, -0.2) is 0 Å². The largest absolute Gasteiger partial charge is 0.299 e. The predicted octanol–water partition coefficient (Wildman–Crippen LogP) is 3.37. The van der Waals surface area contributed by atoms with Crippen LogP contribution < -0.4 is 0 Å². The van der Waals surface area contributed by atoms with E-state index < -0.39 is 0 Å². The Balaban J connectivity index is 2.64. The molecule has 2 heteroatoms. The summed E-state index contributed by atoms with van der Waals surface area (Å²) in [6.07, 6.45) is 2.89. The molecule has 1 aromatic rings. The van der Waals surface area contributed by atoms with Crippen molar-refractivity contribution in [1.82, 2.24) is 4.90 Å². The highest BCUT2D eigenvalue weighted by molar-refractivity contribution is 5.25. The van der Waals surface area contributed by atoms with E-state index in [0.717, 1.165) is 25.2 Å². The number of hydrogen-bond donors (Lipinski definition) is 0. The molecular formula is C15H22N2. The first-order chi connectivity index (χ1) is 8.30. The molecule has 0 N–H and O–H groups in total. The summed E-state index contributed by atoms with van der Waals surface area (Å²) in [5.41, 5.74) is 2.44. The van der Waals surface area contributed by atoms with Crippen LogP contribution in [0.25, 0.3) is 0 Å². The van der Waals surface area contributed by atoms with Gasteiger partial charge >= 0.3 is 0 Å². The van der Waals surface area contributed by atoms with Gasteiger partial charge < -0.3 is 0 Å². The first-order valence-corrected chi connectivity index (χ1v) is 6.47. The molecule has 0 aliphatic rings. The van der Waals surface area contributed by atoms with E-state index in [4.69, 9.17) is 5.26 Å². The zero-order valence-corrected chi connectivity index (χ0v) is 10.9. The normalized spacial score (nSPS) is 10.5. The molecule has 2 nitrogen and oxygen atoms in total. The summed E-state index contributed by atoms with van der Waals surface area (Å²) < 4.78 is 0. The summed E-state index contributed by atoms with van der Waals surface area (Å²) in [7, 11) is 0. The summed E-state index contributed by atoms with van der Waals surface area (Å²) in [5, 5.41) is 8.70. The number of rotatable bonds is 7. The first kappa shape index (κ1) is 13.7. The molecule has 0 heterocycles. The Morgan fingerprint density at radius 1 is 1.12 bits per heavy atom. The van der Waals surface area contributed by atoms with Gasteiger partial charge in [0.2, 0.25) is 0 Å². The standard InChI is InChI=1S/C15H22N2/c1-3-10-17(11-4-2)13-15-7-5-6-14(12-15)8-9-16/h5-7,12H,3-4,8,10-11,13H2,1-2H3. The molecule has 0 radical (unpaired) electrons. The van der Waals surface area contributed by atoms with Crippen LogP contribution in [-0.2, 0) is 13.0 Å². The van der Waals surface area contributed by atoms with Gasteiger partial charge in [0.15, 0.2) is 0 Å². The fourth-order valence-electron chi connectivity index (χ4n) is 2.09. The minimum absolute atomic E-state index is 0.509. The molecule has 1 aromatic carbocycles. The third-order valence-electron chi connectivity index (χ3n) is 2.76. The smallest absolute Gasteiger partial charge is 0.0669 e. The van der Waals surface area contributed by atoms with Gasteiger partial charge in [-0.3, -0.25) is 4.90 Å². The molecule has 1 rings (SSSR count). The van der Waals surface area contributed by atoms with Crippen molar-refractivity contribution in [3.05, 3.63) is 35.4 Å². The van der Waals surface area contributed by atoms with Crippen molar-refractivity contribution in [3.8, 4) is 6.07 Å². The predicted molar refractivity (Wildman–Crippen MR) is 71.6 cm³/mol. The maximum atomic E-state index is 8.70. The zero-order chi connectivity index (χ0) is 12.5. The summed E-state index contributed by atoms with van der Waals surface area (Å²) in [4.78, 5) is 2.48. The second kappa shape index (κ2) is 7.86. The molecule has 0 saturated carbocycles. The van der Waals surface area contributed by atoms with E-state index in [0.29, 0.717) is 6.42 Å². The second-order valence-corrected chi connectivity index (χ2v) is 4.43. The number of nitrogens with zero attached hydrogens (tertiary/aromatic N) is 2. The molecule has 0 unspecified atom stereocenters. The van der Waals surface area contributed by atoms with Crippen LogP contribution in [0, 0.1) is 11.3 Å². The van der Waals surface area contributed by atoms with Crippen molar-refractivity contribution in [1.29, 1.82) is 5.26 Å². The molecule has 0 bridgehead atoms. The van der Waals surface area contributed by atoms with Gasteiger partial charge in [-0.05, 0) is 37.1 Å². The minimum Gasteiger partial charge on any atom is -0.299 e. The second-order valence-electron chi connectivity index (χ2n) is 4.43. The topological polar surface area (TPSA) is 27.0 Å². The molecular weight excluding hydrogens is 208 g/mol. The Morgan fingerprint density at radius 3 is 2.35 bits per heavy atom. The van der Waals surface area contributed by atoms with Crippen LogP contribution in [0.15, 0.2) is 24.3 Å². The van der Waals surface area contributed by atoms with Crippen LogP contribution in [0.3, 0.4) is 0 Å². The number of hydrogen-bond acceptors (Lipinski definition) is 2. The SMILES string of the molecule is CCCN(CCC)Cc1cccc(CC#N)c1. The summed E-state index contributed by atoms with van der Waals surface area (Å²) >= 11 is 0. The highest BCUT2D eigenvalue weighted by Gasteiger charge is 2.04. The monoisotopic (exact) mass is 230 g/mol. The fraction of sp³-hybridized carbons (Fsp3) is 0.533. The van der Waals surface area contributed by atoms with E-state index in [1.807, 2.05) is 6.07 Å². The van der Waals surface area contributed by atoms with Crippen molar-refractivity contribution >= 4 is 0 Å². The van der Waals surface area contributed by atoms with Crippen molar-refractivity contribution in [2.45, 2.75) is 39.7 Å². The fourth-order valence-corrected chi connectivity index (χ4v) is 2.09. The molecule has 0 spiro atoms. The molecule has 92 valence electrons. The quantitative estimate of drug-likeness (QED) is 0.718. The highest BCUT2D eigenvalue weighted by atomic mass is 15.1. The average molecular weight is 230 g/mol. The third-order valence-corrected chi connectivity index (χ3v) is 2.76. The first-order valence-electron chi connectivity index (χ1n) is 6.47. The van der Waals surface area contributed by atoms with E-state index in [9.17, 15) is 0 Å². The van der Waals surface area contributed by atoms with E-state index in [-0.39, 0.29) is 0 Å². The van der Waals surface area contributed by atoms with E-state index in [2.05, 4.69) is 43.0 Å². The van der Waals surface area contributed by atoms with Crippen LogP contribution in [0.1, 0.15) is 37.8 Å². The van der Waals surface area contributed by atoms with Crippen molar-refractivity contribution < 1.29 is 0 Å². The maximum absolute atomic E-state index is 8.70.